The largest absolute Gasteiger partial charge is 0.494 e. The fourth-order valence-corrected chi connectivity index (χ4v) is 2.17. The second kappa shape index (κ2) is 6.90. The predicted molar refractivity (Wildman–Crippen MR) is 78.1 cm³/mol. The molecule has 0 aromatic heterocycles. The summed E-state index contributed by atoms with van der Waals surface area (Å²) in [5.41, 5.74) is 1.14. The monoisotopic (exact) mass is 267 g/mol. The zero-order valence-electron chi connectivity index (χ0n) is 12.7. The smallest absolute Gasteiger partial charge is 0.165 e. The second-order valence-corrected chi connectivity index (χ2v) is 5.73. The SMILES string of the molecule is CCNCC(C)(Cc1ccc(OC)c(F)c1)C(C)C. The minimum absolute atomic E-state index is 0.122. The number of nitrogens with one attached hydrogen (secondary N) is 1. The van der Waals surface area contributed by atoms with Gasteiger partial charge in [-0.3, -0.25) is 0 Å². The minimum Gasteiger partial charge on any atom is -0.494 e. The Morgan fingerprint density at radius 2 is 2.05 bits per heavy atom. The number of ether oxygens (including phenoxy) is 1. The van der Waals surface area contributed by atoms with E-state index in [2.05, 4.69) is 33.0 Å². The highest BCUT2D eigenvalue weighted by Gasteiger charge is 2.28. The maximum absolute atomic E-state index is 13.7. The highest BCUT2D eigenvalue weighted by atomic mass is 19.1. The van der Waals surface area contributed by atoms with Crippen molar-refractivity contribution in [1.82, 2.24) is 5.32 Å². The lowest BCUT2D eigenvalue weighted by atomic mass is 9.74. The number of rotatable bonds is 7. The van der Waals surface area contributed by atoms with Gasteiger partial charge in [0.1, 0.15) is 0 Å². The summed E-state index contributed by atoms with van der Waals surface area (Å²) in [7, 11) is 1.49. The van der Waals surface area contributed by atoms with E-state index in [1.54, 1.807) is 12.1 Å². The van der Waals surface area contributed by atoms with Gasteiger partial charge < -0.3 is 10.1 Å². The Labute approximate surface area is 116 Å². The molecule has 1 atom stereocenters. The molecule has 0 radical (unpaired) electrons. The van der Waals surface area contributed by atoms with Crippen molar-refractivity contribution in [3.63, 3.8) is 0 Å². The van der Waals surface area contributed by atoms with Crippen molar-refractivity contribution in [2.45, 2.75) is 34.1 Å². The normalized spacial score (nSPS) is 14.5. The first kappa shape index (κ1) is 16.0. The van der Waals surface area contributed by atoms with Crippen molar-refractivity contribution < 1.29 is 9.13 Å². The Morgan fingerprint density at radius 3 is 2.53 bits per heavy atom. The number of halogens is 1. The van der Waals surface area contributed by atoms with E-state index in [-0.39, 0.29) is 11.2 Å². The fraction of sp³-hybridized carbons (Fsp3) is 0.625. The topological polar surface area (TPSA) is 21.3 Å². The molecule has 1 rings (SSSR count). The molecule has 3 heteroatoms. The van der Waals surface area contributed by atoms with E-state index in [0.717, 1.165) is 25.1 Å². The van der Waals surface area contributed by atoms with Gasteiger partial charge in [-0.05, 0) is 42.0 Å². The van der Waals surface area contributed by atoms with Crippen molar-refractivity contribution in [2.75, 3.05) is 20.2 Å². The lowest BCUT2D eigenvalue weighted by molar-refractivity contribution is 0.208. The second-order valence-electron chi connectivity index (χ2n) is 5.73. The van der Waals surface area contributed by atoms with Gasteiger partial charge in [-0.2, -0.15) is 0 Å². The quantitative estimate of drug-likeness (QED) is 0.814. The van der Waals surface area contributed by atoms with Crippen LogP contribution in [0.3, 0.4) is 0 Å². The van der Waals surface area contributed by atoms with Crippen LogP contribution in [0.2, 0.25) is 0 Å². The summed E-state index contributed by atoms with van der Waals surface area (Å²) in [5, 5.41) is 3.41. The van der Waals surface area contributed by atoms with Crippen molar-refractivity contribution in [1.29, 1.82) is 0 Å². The molecule has 0 saturated heterocycles. The molecule has 0 bridgehead atoms. The highest BCUT2D eigenvalue weighted by Crippen LogP contribution is 2.31. The van der Waals surface area contributed by atoms with E-state index < -0.39 is 0 Å². The Kier molecular flexibility index (Phi) is 5.80. The summed E-state index contributed by atoms with van der Waals surface area (Å²) in [6.45, 7) is 10.7. The van der Waals surface area contributed by atoms with E-state index in [4.69, 9.17) is 4.74 Å². The van der Waals surface area contributed by atoms with E-state index >= 15 is 0 Å². The predicted octanol–water partition coefficient (Wildman–Crippen LogP) is 3.65. The molecule has 0 heterocycles. The van der Waals surface area contributed by atoms with Crippen molar-refractivity contribution >= 4 is 0 Å². The number of hydrogen-bond acceptors (Lipinski definition) is 2. The van der Waals surface area contributed by atoms with Crippen LogP contribution < -0.4 is 10.1 Å². The third-order valence-electron chi connectivity index (χ3n) is 4.00. The molecule has 0 aliphatic heterocycles. The fourth-order valence-electron chi connectivity index (χ4n) is 2.17. The Morgan fingerprint density at radius 1 is 1.37 bits per heavy atom. The van der Waals surface area contributed by atoms with Gasteiger partial charge in [0, 0.05) is 6.54 Å². The molecule has 0 aliphatic carbocycles. The zero-order chi connectivity index (χ0) is 14.5. The van der Waals surface area contributed by atoms with Crippen molar-refractivity contribution in [3.05, 3.63) is 29.6 Å². The van der Waals surface area contributed by atoms with E-state index in [1.807, 2.05) is 6.07 Å². The van der Waals surface area contributed by atoms with Crippen LogP contribution in [0.15, 0.2) is 18.2 Å². The lowest BCUT2D eigenvalue weighted by Gasteiger charge is -2.34. The molecular formula is C16H26FNO. The molecule has 1 aromatic rings. The van der Waals surface area contributed by atoms with E-state index in [9.17, 15) is 4.39 Å². The Bertz CT molecular complexity index is 406. The van der Waals surface area contributed by atoms with Gasteiger partial charge in [0.2, 0.25) is 0 Å². The molecule has 1 unspecified atom stereocenters. The standard InChI is InChI=1S/C16H26FNO/c1-6-18-11-16(4,12(2)3)10-13-7-8-15(19-5)14(17)9-13/h7-9,12,18H,6,10-11H2,1-5H3. The van der Waals surface area contributed by atoms with Crippen LogP contribution in [0.1, 0.15) is 33.3 Å². The molecule has 0 spiro atoms. The molecule has 1 aromatic carbocycles. The van der Waals surface area contributed by atoms with Gasteiger partial charge in [-0.1, -0.05) is 33.8 Å². The molecular weight excluding hydrogens is 241 g/mol. The summed E-state index contributed by atoms with van der Waals surface area (Å²) in [6.07, 6.45) is 0.860. The maximum Gasteiger partial charge on any atom is 0.165 e. The van der Waals surface area contributed by atoms with Gasteiger partial charge >= 0.3 is 0 Å². The molecule has 2 nitrogen and oxygen atoms in total. The molecule has 19 heavy (non-hydrogen) atoms. The van der Waals surface area contributed by atoms with Gasteiger partial charge in [0.15, 0.2) is 11.6 Å². The van der Waals surface area contributed by atoms with Crippen LogP contribution in [0.4, 0.5) is 4.39 Å². The molecule has 0 aliphatic rings. The van der Waals surface area contributed by atoms with Gasteiger partial charge in [-0.25, -0.2) is 4.39 Å². The first-order valence-electron chi connectivity index (χ1n) is 6.96. The number of methoxy groups -OCH3 is 1. The average molecular weight is 267 g/mol. The van der Waals surface area contributed by atoms with Crippen LogP contribution in [0.25, 0.3) is 0 Å². The van der Waals surface area contributed by atoms with Gasteiger partial charge in [0.25, 0.3) is 0 Å². The first-order valence-corrected chi connectivity index (χ1v) is 6.96. The highest BCUT2D eigenvalue weighted by molar-refractivity contribution is 5.30. The van der Waals surface area contributed by atoms with Gasteiger partial charge in [-0.15, -0.1) is 0 Å². The van der Waals surface area contributed by atoms with Gasteiger partial charge in [0.05, 0.1) is 7.11 Å². The summed E-state index contributed by atoms with van der Waals surface area (Å²) < 4.78 is 18.7. The van der Waals surface area contributed by atoms with Crippen LogP contribution >= 0.6 is 0 Å². The summed E-state index contributed by atoms with van der Waals surface area (Å²) in [5.74, 6) is 0.549. The summed E-state index contributed by atoms with van der Waals surface area (Å²) >= 11 is 0. The molecule has 0 saturated carbocycles. The molecule has 0 fully saturated rings. The van der Waals surface area contributed by atoms with Crippen molar-refractivity contribution in [2.24, 2.45) is 11.3 Å². The maximum atomic E-state index is 13.7. The van der Waals surface area contributed by atoms with E-state index in [0.29, 0.717) is 11.7 Å². The number of hydrogen-bond donors (Lipinski definition) is 1. The average Bonchev–Trinajstić information content (AvgIpc) is 2.36. The molecule has 0 amide bonds. The van der Waals surface area contributed by atoms with Crippen LogP contribution in [0.5, 0.6) is 5.75 Å². The zero-order valence-corrected chi connectivity index (χ0v) is 12.7. The third-order valence-corrected chi connectivity index (χ3v) is 4.00. The summed E-state index contributed by atoms with van der Waals surface area (Å²) in [6, 6.07) is 5.25. The Balaban J connectivity index is 2.87. The lowest BCUT2D eigenvalue weighted by Crippen LogP contribution is -2.37. The van der Waals surface area contributed by atoms with Crippen LogP contribution in [-0.4, -0.2) is 20.2 Å². The molecule has 108 valence electrons. The van der Waals surface area contributed by atoms with Crippen molar-refractivity contribution in [3.8, 4) is 5.75 Å². The summed E-state index contributed by atoms with van der Waals surface area (Å²) in [4.78, 5) is 0. The third kappa shape index (κ3) is 4.20. The van der Waals surface area contributed by atoms with E-state index in [1.165, 1.54) is 7.11 Å². The van der Waals surface area contributed by atoms with Crippen LogP contribution in [-0.2, 0) is 6.42 Å². The minimum atomic E-state index is -0.283. The van der Waals surface area contributed by atoms with Crippen LogP contribution in [0, 0.1) is 17.2 Å². The number of benzene rings is 1. The Hall–Kier alpha value is -1.09. The molecule has 1 N–H and O–H groups in total. The first-order chi connectivity index (χ1) is 8.92.